The summed E-state index contributed by atoms with van der Waals surface area (Å²) in [6.07, 6.45) is 5.33. The van der Waals surface area contributed by atoms with Gasteiger partial charge in [0, 0.05) is 37.6 Å². The van der Waals surface area contributed by atoms with Gasteiger partial charge in [0.15, 0.2) is 5.76 Å². The molecule has 0 spiro atoms. The molecule has 0 aliphatic carbocycles. The number of likely N-dealkylation sites (tertiary alicyclic amines) is 1. The summed E-state index contributed by atoms with van der Waals surface area (Å²) in [5.74, 6) is 0.449. The molecule has 2 aromatic rings. The molecule has 1 saturated heterocycles. The van der Waals surface area contributed by atoms with E-state index in [-0.39, 0.29) is 12.5 Å². The first-order valence-corrected chi connectivity index (χ1v) is 8.55. The molecule has 0 bridgehead atoms. The SMILES string of the molecule is COC(=O)N1CCCCC1C(=O)N(C)Cc1cc(-c2ccncc2)no1. The first kappa shape index (κ1) is 17.9. The predicted molar refractivity (Wildman–Crippen MR) is 93.0 cm³/mol. The van der Waals surface area contributed by atoms with Crippen molar-refractivity contribution >= 4 is 12.0 Å². The first-order valence-electron chi connectivity index (χ1n) is 8.55. The van der Waals surface area contributed by atoms with E-state index in [4.69, 9.17) is 9.26 Å². The van der Waals surface area contributed by atoms with E-state index in [0.717, 1.165) is 18.4 Å². The quantitative estimate of drug-likeness (QED) is 0.833. The van der Waals surface area contributed by atoms with E-state index in [1.165, 1.54) is 12.0 Å². The highest BCUT2D eigenvalue weighted by atomic mass is 16.5. The summed E-state index contributed by atoms with van der Waals surface area (Å²) in [4.78, 5) is 31.8. The van der Waals surface area contributed by atoms with Crippen molar-refractivity contribution in [1.82, 2.24) is 19.9 Å². The smallest absolute Gasteiger partial charge is 0.410 e. The molecule has 1 fully saturated rings. The van der Waals surface area contributed by atoms with Gasteiger partial charge in [0.2, 0.25) is 5.91 Å². The minimum Gasteiger partial charge on any atom is -0.453 e. The Labute approximate surface area is 151 Å². The van der Waals surface area contributed by atoms with Crippen LogP contribution in [0.2, 0.25) is 0 Å². The molecule has 2 amide bonds. The van der Waals surface area contributed by atoms with Crippen molar-refractivity contribution in [3.05, 3.63) is 36.4 Å². The zero-order chi connectivity index (χ0) is 18.5. The van der Waals surface area contributed by atoms with Gasteiger partial charge in [-0.2, -0.15) is 0 Å². The predicted octanol–water partition coefficient (Wildman–Crippen LogP) is 2.32. The molecule has 0 aromatic carbocycles. The monoisotopic (exact) mass is 358 g/mol. The van der Waals surface area contributed by atoms with Gasteiger partial charge in [0.05, 0.1) is 13.7 Å². The summed E-state index contributed by atoms with van der Waals surface area (Å²) in [6.45, 7) is 0.813. The van der Waals surface area contributed by atoms with Crippen LogP contribution in [0.1, 0.15) is 25.0 Å². The Kier molecular flexibility index (Phi) is 5.50. The van der Waals surface area contributed by atoms with E-state index in [9.17, 15) is 9.59 Å². The Balaban J connectivity index is 1.67. The molecule has 1 unspecified atom stereocenters. The Morgan fingerprint density at radius 2 is 2.12 bits per heavy atom. The summed E-state index contributed by atoms with van der Waals surface area (Å²) in [7, 11) is 3.03. The van der Waals surface area contributed by atoms with Crippen LogP contribution in [0.25, 0.3) is 11.3 Å². The summed E-state index contributed by atoms with van der Waals surface area (Å²) in [5, 5.41) is 4.04. The number of rotatable bonds is 4. The fraction of sp³-hybridized carbons (Fsp3) is 0.444. The number of amides is 2. The number of pyridine rings is 1. The van der Waals surface area contributed by atoms with E-state index in [0.29, 0.717) is 24.4 Å². The molecule has 2 aromatic heterocycles. The maximum Gasteiger partial charge on any atom is 0.410 e. The summed E-state index contributed by atoms with van der Waals surface area (Å²) < 4.78 is 10.2. The fourth-order valence-corrected chi connectivity index (χ4v) is 3.14. The van der Waals surface area contributed by atoms with Crippen molar-refractivity contribution in [2.75, 3.05) is 20.7 Å². The molecule has 0 radical (unpaired) electrons. The molecule has 0 N–H and O–H groups in total. The van der Waals surface area contributed by atoms with Crippen LogP contribution < -0.4 is 0 Å². The number of likely N-dealkylation sites (N-methyl/N-ethyl adjacent to an activating group) is 1. The molecule has 138 valence electrons. The maximum atomic E-state index is 12.8. The molecule has 3 rings (SSSR count). The van der Waals surface area contributed by atoms with Gasteiger partial charge in [0.25, 0.3) is 0 Å². The van der Waals surface area contributed by atoms with Crippen LogP contribution in [0.3, 0.4) is 0 Å². The van der Waals surface area contributed by atoms with Gasteiger partial charge < -0.3 is 14.2 Å². The fourth-order valence-electron chi connectivity index (χ4n) is 3.14. The van der Waals surface area contributed by atoms with Crippen molar-refractivity contribution in [3.8, 4) is 11.3 Å². The lowest BCUT2D eigenvalue weighted by atomic mass is 10.0. The van der Waals surface area contributed by atoms with Gasteiger partial charge in [0.1, 0.15) is 11.7 Å². The normalized spacial score (nSPS) is 17.0. The summed E-state index contributed by atoms with van der Waals surface area (Å²) in [6, 6.07) is 4.99. The van der Waals surface area contributed by atoms with E-state index < -0.39 is 12.1 Å². The molecular weight excluding hydrogens is 336 g/mol. The number of carbonyl (C=O) groups is 2. The van der Waals surface area contributed by atoms with Crippen LogP contribution in [-0.2, 0) is 16.1 Å². The number of hydrogen-bond acceptors (Lipinski definition) is 6. The second kappa shape index (κ2) is 7.99. The van der Waals surface area contributed by atoms with Crippen LogP contribution in [-0.4, -0.2) is 58.7 Å². The van der Waals surface area contributed by atoms with Crippen molar-refractivity contribution < 1.29 is 18.8 Å². The highest BCUT2D eigenvalue weighted by Gasteiger charge is 2.34. The van der Waals surface area contributed by atoms with Crippen LogP contribution >= 0.6 is 0 Å². The average molecular weight is 358 g/mol. The number of nitrogens with zero attached hydrogens (tertiary/aromatic N) is 4. The third-order valence-electron chi connectivity index (χ3n) is 4.50. The van der Waals surface area contributed by atoms with E-state index in [2.05, 4.69) is 10.1 Å². The molecule has 26 heavy (non-hydrogen) atoms. The lowest BCUT2D eigenvalue weighted by Gasteiger charge is -2.35. The number of piperidine rings is 1. The largest absolute Gasteiger partial charge is 0.453 e. The number of methoxy groups -OCH3 is 1. The molecule has 0 saturated carbocycles. The molecule has 1 aliphatic rings. The van der Waals surface area contributed by atoms with Crippen LogP contribution in [0, 0.1) is 0 Å². The minimum atomic E-state index is -0.496. The molecule has 8 heteroatoms. The van der Waals surface area contributed by atoms with E-state index in [1.54, 1.807) is 30.4 Å². The topological polar surface area (TPSA) is 88.8 Å². The third-order valence-corrected chi connectivity index (χ3v) is 4.50. The van der Waals surface area contributed by atoms with Crippen molar-refractivity contribution in [3.63, 3.8) is 0 Å². The van der Waals surface area contributed by atoms with Gasteiger partial charge in [-0.25, -0.2) is 4.79 Å². The van der Waals surface area contributed by atoms with Gasteiger partial charge in [-0.1, -0.05) is 5.16 Å². The number of hydrogen-bond donors (Lipinski definition) is 0. The van der Waals surface area contributed by atoms with Crippen LogP contribution in [0.15, 0.2) is 35.1 Å². The number of ether oxygens (including phenoxy) is 1. The Morgan fingerprint density at radius 3 is 2.85 bits per heavy atom. The lowest BCUT2D eigenvalue weighted by molar-refractivity contribution is -0.137. The number of aromatic nitrogens is 2. The second-order valence-electron chi connectivity index (χ2n) is 6.28. The Hall–Kier alpha value is -2.90. The highest BCUT2D eigenvalue weighted by Crippen LogP contribution is 2.22. The highest BCUT2D eigenvalue weighted by molar-refractivity contribution is 5.85. The van der Waals surface area contributed by atoms with Gasteiger partial charge >= 0.3 is 6.09 Å². The Morgan fingerprint density at radius 1 is 1.35 bits per heavy atom. The van der Waals surface area contributed by atoms with Crippen molar-refractivity contribution in [1.29, 1.82) is 0 Å². The van der Waals surface area contributed by atoms with E-state index in [1.807, 2.05) is 12.1 Å². The molecule has 1 aliphatic heterocycles. The van der Waals surface area contributed by atoms with Gasteiger partial charge in [-0.3, -0.25) is 14.7 Å². The minimum absolute atomic E-state index is 0.128. The van der Waals surface area contributed by atoms with Crippen LogP contribution in [0.4, 0.5) is 4.79 Å². The van der Waals surface area contributed by atoms with Gasteiger partial charge in [-0.15, -0.1) is 0 Å². The standard InChI is InChI=1S/C18H22N4O4/c1-21(17(23)16-5-3-4-10-22(16)18(24)25-2)12-14-11-15(20-26-14)13-6-8-19-9-7-13/h6-9,11,16H,3-5,10,12H2,1-2H3. The Bertz CT molecular complexity index is 762. The molecule has 8 nitrogen and oxygen atoms in total. The van der Waals surface area contributed by atoms with Crippen molar-refractivity contribution in [2.24, 2.45) is 0 Å². The third kappa shape index (κ3) is 3.84. The second-order valence-corrected chi connectivity index (χ2v) is 6.28. The van der Waals surface area contributed by atoms with Gasteiger partial charge in [-0.05, 0) is 31.4 Å². The lowest BCUT2D eigenvalue weighted by Crippen LogP contribution is -2.52. The maximum absolute atomic E-state index is 12.8. The van der Waals surface area contributed by atoms with Crippen LogP contribution in [0.5, 0.6) is 0 Å². The van der Waals surface area contributed by atoms with E-state index >= 15 is 0 Å². The van der Waals surface area contributed by atoms with Crippen molar-refractivity contribution in [2.45, 2.75) is 31.8 Å². The molecule has 3 heterocycles. The molecule has 1 atom stereocenters. The summed E-state index contributed by atoms with van der Waals surface area (Å²) >= 11 is 0. The summed E-state index contributed by atoms with van der Waals surface area (Å²) in [5.41, 5.74) is 1.59. The zero-order valence-corrected chi connectivity index (χ0v) is 14.9. The zero-order valence-electron chi connectivity index (χ0n) is 14.9. The number of carbonyl (C=O) groups excluding carboxylic acids is 2. The first-order chi connectivity index (χ1) is 12.6. The average Bonchev–Trinajstić information content (AvgIpc) is 3.16. The molecular formula is C18H22N4O4.